The molecule has 0 saturated carbocycles. The van der Waals surface area contributed by atoms with Gasteiger partial charge < -0.3 is 14.5 Å². The van der Waals surface area contributed by atoms with Crippen molar-refractivity contribution in [3.63, 3.8) is 0 Å². The number of sulfonamides is 1. The third kappa shape index (κ3) is 7.79. The maximum atomic E-state index is 14.4. The highest BCUT2D eigenvalue weighted by Crippen LogP contribution is 2.33. The molecule has 11 nitrogen and oxygen atoms in total. The Balaban J connectivity index is 1.43. The standard InChI is InChI=1S/C35H39F2N7O4S/c1-22-8-6-9-23(2)31(22)28-15-30-41-33(40-28)42-49(46,47)27-11-7-10-24(14-27)32(45)44(25(20-48-30)16-34(3,4)5)19-29-38-17-26(18-39-29)43-13-12-35(36,37)21-43/h6-11,14-15,17-18,25H,12-13,16,19-21H2,1-5H3,(H,40,41,42)/t25-/m1/s1. The van der Waals surface area contributed by atoms with E-state index in [9.17, 15) is 22.0 Å². The highest BCUT2D eigenvalue weighted by atomic mass is 32.2. The molecule has 0 radical (unpaired) electrons. The molecule has 1 N–H and O–H groups in total. The number of carbonyl (C=O) groups excluding carboxylic acids is 1. The molecule has 0 aliphatic carbocycles. The molecule has 14 heteroatoms. The first kappa shape index (κ1) is 34.2. The Morgan fingerprint density at radius 1 is 1.02 bits per heavy atom. The maximum absolute atomic E-state index is 14.4. The Hall–Kier alpha value is -4.72. The fourth-order valence-corrected chi connectivity index (χ4v) is 7.24. The third-order valence-corrected chi connectivity index (χ3v) is 9.89. The number of aromatic nitrogens is 4. The number of benzene rings is 2. The zero-order chi connectivity index (χ0) is 35.1. The number of nitrogens with one attached hydrogen (secondary N) is 1. The summed E-state index contributed by atoms with van der Waals surface area (Å²) in [4.78, 5) is 35.2. The van der Waals surface area contributed by atoms with Crippen LogP contribution in [0.4, 0.5) is 20.4 Å². The topological polar surface area (TPSA) is 131 Å². The van der Waals surface area contributed by atoms with E-state index in [4.69, 9.17) is 4.74 Å². The van der Waals surface area contributed by atoms with Crippen LogP contribution < -0.4 is 14.4 Å². The summed E-state index contributed by atoms with van der Waals surface area (Å²) in [6.07, 6.45) is 3.23. The minimum Gasteiger partial charge on any atom is -0.475 e. The number of hydrogen-bond acceptors (Lipinski definition) is 9. The Morgan fingerprint density at radius 2 is 1.71 bits per heavy atom. The Labute approximate surface area is 284 Å². The normalized spacial score (nSPS) is 18.9. The minimum atomic E-state index is -4.23. The van der Waals surface area contributed by atoms with Crippen LogP contribution in [0.25, 0.3) is 11.3 Å². The molecule has 4 bridgehead atoms. The predicted octanol–water partition coefficient (Wildman–Crippen LogP) is 6.04. The highest BCUT2D eigenvalue weighted by molar-refractivity contribution is 7.92. The average molecular weight is 692 g/mol. The molecule has 4 heterocycles. The fraction of sp³-hybridized carbons (Fsp3) is 0.400. The van der Waals surface area contributed by atoms with Gasteiger partial charge in [0.1, 0.15) is 12.4 Å². The van der Waals surface area contributed by atoms with Crippen LogP contribution in [-0.4, -0.2) is 70.8 Å². The van der Waals surface area contributed by atoms with Gasteiger partial charge in [0.25, 0.3) is 21.9 Å². The second-order valence-electron chi connectivity index (χ2n) is 13.9. The zero-order valence-corrected chi connectivity index (χ0v) is 28.9. The number of nitrogens with zero attached hydrogens (tertiary/aromatic N) is 6. The van der Waals surface area contributed by atoms with E-state index in [0.29, 0.717) is 23.6 Å². The molecule has 2 aromatic carbocycles. The predicted molar refractivity (Wildman–Crippen MR) is 181 cm³/mol. The number of anilines is 2. The van der Waals surface area contributed by atoms with Gasteiger partial charge in [-0.2, -0.15) is 4.98 Å². The van der Waals surface area contributed by atoms with E-state index >= 15 is 0 Å². The molecule has 1 fully saturated rings. The molecule has 1 atom stereocenters. The Morgan fingerprint density at radius 3 is 2.37 bits per heavy atom. The lowest BCUT2D eigenvalue weighted by Crippen LogP contribution is -2.45. The molecule has 4 aromatic rings. The molecule has 1 amide bonds. The summed E-state index contributed by atoms with van der Waals surface area (Å²) < 4.78 is 63.8. The Bertz CT molecular complexity index is 1960. The van der Waals surface area contributed by atoms with Crippen LogP contribution in [0, 0.1) is 19.3 Å². The third-order valence-electron chi connectivity index (χ3n) is 8.57. The molecule has 2 aliphatic heterocycles. The second-order valence-corrected chi connectivity index (χ2v) is 15.5. The second kappa shape index (κ2) is 13.0. The quantitative estimate of drug-likeness (QED) is 0.266. The number of carbonyl (C=O) groups is 1. The summed E-state index contributed by atoms with van der Waals surface area (Å²) in [5.41, 5.74) is 3.53. The van der Waals surface area contributed by atoms with Crippen LogP contribution >= 0.6 is 0 Å². The van der Waals surface area contributed by atoms with Gasteiger partial charge in [-0.3, -0.25) is 4.79 Å². The summed E-state index contributed by atoms with van der Waals surface area (Å²) in [5, 5.41) is 0. The fourth-order valence-electron chi connectivity index (χ4n) is 6.25. The van der Waals surface area contributed by atoms with Crippen molar-refractivity contribution in [3.8, 4) is 17.1 Å². The van der Waals surface area contributed by atoms with Crippen molar-refractivity contribution in [3.05, 3.63) is 83.4 Å². The van der Waals surface area contributed by atoms with Crippen molar-refractivity contribution >= 4 is 27.6 Å². The van der Waals surface area contributed by atoms with E-state index in [1.165, 1.54) is 35.5 Å². The molecule has 0 spiro atoms. The molecular formula is C35H39F2N7O4S. The monoisotopic (exact) mass is 691 g/mol. The largest absolute Gasteiger partial charge is 0.475 e. The number of amides is 1. The summed E-state index contributed by atoms with van der Waals surface area (Å²) in [6.45, 7) is 9.79. The van der Waals surface area contributed by atoms with Gasteiger partial charge in [0.05, 0.1) is 47.8 Å². The van der Waals surface area contributed by atoms with E-state index in [1.807, 2.05) is 52.8 Å². The number of alkyl halides is 2. The number of fused-ring (bicyclic) bond motifs is 4. The van der Waals surface area contributed by atoms with Gasteiger partial charge in [-0.15, -0.1) is 0 Å². The summed E-state index contributed by atoms with van der Waals surface area (Å²) in [7, 11) is -4.23. The summed E-state index contributed by atoms with van der Waals surface area (Å²) >= 11 is 0. The molecule has 258 valence electrons. The minimum absolute atomic E-state index is 0.0129. The van der Waals surface area contributed by atoms with Crippen molar-refractivity contribution < 1.29 is 26.7 Å². The molecule has 0 unspecified atom stereocenters. The van der Waals surface area contributed by atoms with Crippen molar-refractivity contribution in [2.45, 2.75) is 70.9 Å². The van der Waals surface area contributed by atoms with Gasteiger partial charge in [-0.05, 0) is 55.0 Å². The molecule has 2 aromatic heterocycles. The average Bonchev–Trinajstić information content (AvgIpc) is 3.40. The van der Waals surface area contributed by atoms with Gasteiger partial charge >= 0.3 is 0 Å². The van der Waals surface area contributed by atoms with Crippen LogP contribution in [-0.2, 0) is 16.6 Å². The molecule has 6 rings (SSSR count). The number of aryl methyl sites for hydroxylation is 2. The van der Waals surface area contributed by atoms with Gasteiger partial charge in [0.2, 0.25) is 11.8 Å². The first-order chi connectivity index (χ1) is 23.1. The van der Waals surface area contributed by atoms with Gasteiger partial charge in [-0.1, -0.05) is 45.0 Å². The first-order valence-corrected chi connectivity index (χ1v) is 17.5. The van der Waals surface area contributed by atoms with Crippen LogP contribution in [0.3, 0.4) is 0 Å². The van der Waals surface area contributed by atoms with Crippen molar-refractivity contribution in [2.75, 3.05) is 29.3 Å². The number of rotatable bonds is 5. The first-order valence-electron chi connectivity index (χ1n) is 16.0. The summed E-state index contributed by atoms with van der Waals surface area (Å²) in [6, 6.07) is 12.7. The van der Waals surface area contributed by atoms with Crippen molar-refractivity contribution in [2.24, 2.45) is 5.41 Å². The molecule has 49 heavy (non-hydrogen) atoms. The lowest BCUT2D eigenvalue weighted by molar-refractivity contribution is 0.0257. The van der Waals surface area contributed by atoms with E-state index in [0.717, 1.165) is 16.7 Å². The maximum Gasteiger partial charge on any atom is 0.266 e. The highest BCUT2D eigenvalue weighted by Gasteiger charge is 2.38. The van der Waals surface area contributed by atoms with Crippen LogP contribution in [0.2, 0.25) is 0 Å². The van der Waals surface area contributed by atoms with Crippen LogP contribution in [0.5, 0.6) is 5.88 Å². The van der Waals surface area contributed by atoms with Crippen LogP contribution in [0.1, 0.15) is 60.9 Å². The molecule has 2 aliphatic rings. The number of ether oxygens (including phenoxy) is 1. The van der Waals surface area contributed by atoms with E-state index in [-0.39, 0.29) is 53.8 Å². The zero-order valence-electron chi connectivity index (χ0n) is 28.1. The summed E-state index contributed by atoms with van der Waals surface area (Å²) in [5.74, 6) is -2.97. The van der Waals surface area contributed by atoms with Gasteiger partial charge in [0.15, 0.2) is 0 Å². The van der Waals surface area contributed by atoms with E-state index in [2.05, 4.69) is 24.7 Å². The van der Waals surface area contributed by atoms with Gasteiger partial charge in [-0.25, -0.2) is 36.9 Å². The van der Waals surface area contributed by atoms with Gasteiger partial charge in [0, 0.05) is 30.2 Å². The molecular weight excluding hydrogens is 652 g/mol. The van der Waals surface area contributed by atoms with Crippen molar-refractivity contribution in [1.82, 2.24) is 24.8 Å². The van der Waals surface area contributed by atoms with Crippen LogP contribution in [0.15, 0.2) is 65.8 Å². The number of hydrogen-bond donors (Lipinski definition) is 1. The lowest BCUT2D eigenvalue weighted by Gasteiger charge is -2.35. The Kier molecular flexibility index (Phi) is 9.03. The number of halogens is 2. The van der Waals surface area contributed by atoms with Crippen molar-refractivity contribution in [1.29, 1.82) is 0 Å². The molecule has 1 saturated heterocycles. The SMILES string of the molecule is Cc1cccc(C)c1-c1cc2nc(n1)NS(=O)(=O)c1cccc(c1)C(=O)N(Cc1ncc(N3CCC(F)(F)C3)cn1)[C@H](CC(C)(C)C)CO2. The van der Waals surface area contributed by atoms with E-state index < -0.39 is 34.4 Å². The van der Waals surface area contributed by atoms with E-state index in [1.54, 1.807) is 17.0 Å². The smallest absolute Gasteiger partial charge is 0.266 e. The lowest BCUT2D eigenvalue weighted by atomic mass is 9.87.